The molecule has 33 heavy (non-hydrogen) atoms. The maximum atomic E-state index is 12.8. The average Bonchev–Trinajstić information content (AvgIpc) is 3.23. The van der Waals surface area contributed by atoms with Gasteiger partial charge in [-0.1, -0.05) is 51.1 Å². The fourth-order valence-electron chi connectivity index (χ4n) is 4.21. The van der Waals surface area contributed by atoms with E-state index in [4.69, 9.17) is 9.72 Å². The molecule has 1 saturated heterocycles. The van der Waals surface area contributed by atoms with Gasteiger partial charge in [-0.25, -0.2) is 4.98 Å². The molecule has 8 nitrogen and oxygen atoms in total. The monoisotopic (exact) mass is 449 g/mol. The van der Waals surface area contributed by atoms with Gasteiger partial charge in [0, 0.05) is 24.2 Å². The number of aromatic amines is 3. The molecule has 8 heteroatoms. The van der Waals surface area contributed by atoms with Gasteiger partial charge < -0.3 is 25.0 Å². The van der Waals surface area contributed by atoms with E-state index in [1.807, 2.05) is 30.3 Å². The Labute approximate surface area is 191 Å². The molecule has 4 N–H and O–H groups in total. The summed E-state index contributed by atoms with van der Waals surface area (Å²) < 4.78 is 5.65. The summed E-state index contributed by atoms with van der Waals surface area (Å²) in [7, 11) is 0. The molecule has 2 atom stereocenters. The Bertz CT molecular complexity index is 1310. The van der Waals surface area contributed by atoms with Crippen LogP contribution in [0.1, 0.15) is 61.8 Å². The standard InChI is InChI=1S/C25H31N5O3/c1-4-17(21-14-33-11-10-26-21)23-27-18(22(30-23)15(2)3)13-20-25(32)28-19(24(31)29-20)12-16-8-6-5-7-9-16/h5-9,12-13,15,17,21,26H,4,10-11,14H2,1-3H3,(H,27,30)(H,28,32)(H,29,31). The highest BCUT2D eigenvalue weighted by Crippen LogP contribution is 2.26. The third kappa shape index (κ3) is 5.23. The first-order valence-corrected chi connectivity index (χ1v) is 11.5. The molecule has 0 bridgehead atoms. The largest absolute Gasteiger partial charge is 0.378 e. The second-order valence-electron chi connectivity index (χ2n) is 8.66. The van der Waals surface area contributed by atoms with Gasteiger partial charge in [-0.05, 0) is 30.1 Å². The lowest BCUT2D eigenvalue weighted by Crippen LogP contribution is -2.46. The summed E-state index contributed by atoms with van der Waals surface area (Å²) in [5, 5.41) is 3.91. The fourth-order valence-corrected chi connectivity index (χ4v) is 4.21. The van der Waals surface area contributed by atoms with Crippen molar-refractivity contribution in [3.8, 4) is 0 Å². The molecular formula is C25H31N5O3. The Balaban J connectivity index is 1.75. The summed E-state index contributed by atoms with van der Waals surface area (Å²) in [5.41, 5.74) is 1.70. The third-order valence-electron chi connectivity index (χ3n) is 5.96. The number of H-pyrrole nitrogens is 3. The Morgan fingerprint density at radius 3 is 2.36 bits per heavy atom. The maximum absolute atomic E-state index is 12.8. The van der Waals surface area contributed by atoms with Crippen molar-refractivity contribution in [3.63, 3.8) is 0 Å². The number of ether oxygens (including phenoxy) is 1. The lowest BCUT2D eigenvalue weighted by Gasteiger charge is -2.29. The first kappa shape index (κ1) is 22.9. The summed E-state index contributed by atoms with van der Waals surface area (Å²) in [6.07, 6.45) is 4.20. The van der Waals surface area contributed by atoms with Crippen molar-refractivity contribution in [1.82, 2.24) is 25.3 Å². The van der Waals surface area contributed by atoms with Gasteiger partial charge in [-0.3, -0.25) is 9.59 Å². The van der Waals surface area contributed by atoms with Crippen LogP contribution in [0.2, 0.25) is 0 Å². The number of morpholine rings is 1. The minimum atomic E-state index is -0.370. The first-order valence-electron chi connectivity index (χ1n) is 11.5. The second kappa shape index (κ2) is 10.1. The zero-order valence-electron chi connectivity index (χ0n) is 19.3. The van der Waals surface area contributed by atoms with Crippen LogP contribution in [0.25, 0.3) is 12.2 Å². The van der Waals surface area contributed by atoms with Crippen LogP contribution in [0.5, 0.6) is 0 Å². The molecule has 1 aliphatic rings. The van der Waals surface area contributed by atoms with Crippen molar-refractivity contribution in [2.75, 3.05) is 19.8 Å². The van der Waals surface area contributed by atoms with E-state index < -0.39 is 0 Å². The zero-order valence-corrected chi connectivity index (χ0v) is 19.3. The van der Waals surface area contributed by atoms with E-state index in [2.05, 4.69) is 41.0 Å². The van der Waals surface area contributed by atoms with Crippen LogP contribution >= 0.6 is 0 Å². The Morgan fingerprint density at radius 2 is 1.76 bits per heavy atom. The van der Waals surface area contributed by atoms with Crippen LogP contribution in [0, 0.1) is 0 Å². The van der Waals surface area contributed by atoms with E-state index in [0.29, 0.717) is 12.3 Å². The SMILES string of the molecule is CCC(c1nc(C=c2[nH]c(=O)c(=Cc3ccccc3)[nH]c2=O)c(C(C)C)[nH]1)C1COCCN1. The minimum absolute atomic E-state index is 0.158. The molecule has 1 fully saturated rings. The summed E-state index contributed by atoms with van der Waals surface area (Å²) in [6.45, 7) is 8.45. The minimum Gasteiger partial charge on any atom is -0.378 e. The van der Waals surface area contributed by atoms with Crippen molar-refractivity contribution < 1.29 is 4.74 Å². The number of hydrogen-bond donors (Lipinski definition) is 4. The van der Waals surface area contributed by atoms with E-state index in [0.717, 1.165) is 36.7 Å². The van der Waals surface area contributed by atoms with Crippen LogP contribution in [0.15, 0.2) is 39.9 Å². The number of nitrogens with zero attached hydrogens (tertiary/aromatic N) is 1. The van der Waals surface area contributed by atoms with E-state index >= 15 is 0 Å². The van der Waals surface area contributed by atoms with Gasteiger partial charge in [-0.2, -0.15) is 0 Å². The molecule has 0 spiro atoms. The molecule has 4 rings (SSSR count). The Kier molecular flexibility index (Phi) is 7.05. The van der Waals surface area contributed by atoms with Crippen molar-refractivity contribution in [2.45, 2.75) is 45.1 Å². The summed E-state index contributed by atoms with van der Waals surface area (Å²) in [4.78, 5) is 39.2. The molecule has 3 heterocycles. The number of hydrogen-bond acceptors (Lipinski definition) is 5. The first-order chi connectivity index (χ1) is 16.0. The maximum Gasteiger partial charge on any atom is 0.272 e. The Morgan fingerprint density at radius 1 is 1.06 bits per heavy atom. The number of aromatic nitrogens is 4. The van der Waals surface area contributed by atoms with Gasteiger partial charge in [0.25, 0.3) is 11.1 Å². The predicted octanol–water partition coefficient (Wildman–Crippen LogP) is 1.05. The van der Waals surface area contributed by atoms with Crippen molar-refractivity contribution >= 4 is 12.2 Å². The molecular weight excluding hydrogens is 418 g/mol. The molecule has 2 aromatic heterocycles. The zero-order chi connectivity index (χ0) is 23.4. The third-order valence-corrected chi connectivity index (χ3v) is 5.96. The fraction of sp³-hybridized carbons (Fsp3) is 0.400. The molecule has 1 aromatic carbocycles. The number of nitrogens with one attached hydrogen (secondary N) is 4. The molecule has 0 radical (unpaired) electrons. The van der Waals surface area contributed by atoms with Crippen LogP contribution in [-0.4, -0.2) is 45.7 Å². The number of benzene rings is 1. The summed E-state index contributed by atoms with van der Waals surface area (Å²) in [5.74, 6) is 1.19. The Hall–Kier alpha value is -3.23. The highest BCUT2D eigenvalue weighted by atomic mass is 16.5. The summed E-state index contributed by atoms with van der Waals surface area (Å²) >= 11 is 0. The van der Waals surface area contributed by atoms with Crippen LogP contribution in [0.3, 0.4) is 0 Å². The normalized spacial score (nSPS) is 18.7. The topological polar surface area (TPSA) is 116 Å². The van der Waals surface area contributed by atoms with E-state index in [9.17, 15) is 9.59 Å². The number of rotatable bonds is 6. The van der Waals surface area contributed by atoms with Gasteiger partial charge in [0.15, 0.2) is 0 Å². The molecule has 0 saturated carbocycles. The lowest BCUT2D eigenvalue weighted by molar-refractivity contribution is 0.0664. The quantitative estimate of drug-likeness (QED) is 0.449. The smallest absolute Gasteiger partial charge is 0.272 e. The molecule has 3 aromatic rings. The second-order valence-corrected chi connectivity index (χ2v) is 8.66. The predicted molar refractivity (Wildman–Crippen MR) is 129 cm³/mol. The summed E-state index contributed by atoms with van der Waals surface area (Å²) in [6, 6.07) is 9.57. The average molecular weight is 450 g/mol. The van der Waals surface area contributed by atoms with Gasteiger partial charge in [-0.15, -0.1) is 0 Å². The van der Waals surface area contributed by atoms with Crippen LogP contribution in [-0.2, 0) is 4.74 Å². The number of imidazole rings is 1. The lowest BCUT2D eigenvalue weighted by atomic mass is 9.96. The van der Waals surface area contributed by atoms with E-state index in [-0.39, 0.29) is 39.7 Å². The van der Waals surface area contributed by atoms with Crippen molar-refractivity contribution in [1.29, 1.82) is 0 Å². The molecule has 174 valence electrons. The van der Waals surface area contributed by atoms with E-state index in [1.165, 1.54) is 0 Å². The highest BCUT2D eigenvalue weighted by molar-refractivity contribution is 5.49. The highest BCUT2D eigenvalue weighted by Gasteiger charge is 2.27. The van der Waals surface area contributed by atoms with Gasteiger partial charge in [0.05, 0.1) is 18.9 Å². The molecule has 0 aliphatic carbocycles. The van der Waals surface area contributed by atoms with Gasteiger partial charge >= 0.3 is 0 Å². The van der Waals surface area contributed by atoms with Crippen LogP contribution < -0.4 is 27.1 Å². The van der Waals surface area contributed by atoms with Crippen LogP contribution in [0.4, 0.5) is 0 Å². The van der Waals surface area contributed by atoms with Gasteiger partial charge in [0.2, 0.25) is 0 Å². The van der Waals surface area contributed by atoms with Gasteiger partial charge in [0.1, 0.15) is 16.5 Å². The molecule has 0 amide bonds. The molecule has 2 unspecified atom stereocenters. The van der Waals surface area contributed by atoms with Crippen molar-refractivity contribution in [2.24, 2.45) is 0 Å². The van der Waals surface area contributed by atoms with E-state index in [1.54, 1.807) is 12.2 Å². The van der Waals surface area contributed by atoms with Crippen molar-refractivity contribution in [3.05, 3.63) is 84.5 Å². The molecule has 1 aliphatic heterocycles.